The Bertz CT molecular complexity index is 398. The summed E-state index contributed by atoms with van der Waals surface area (Å²) in [5, 5.41) is 0. The van der Waals surface area contributed by atoms with Gasteiger partial charge < -0.3 is 5.73 Å². The van der Waals surface area contributed by atoms with E-state index >= 15 is 0 Å². The van der Waals surface area contributed by atoms with Crippen LogP contribution in [-0.2, 0) is 0 Å². The number of benzene rings is 1. The zero-order valence-electron chi connectivity index (χ0n) is 12.8. The average molecular weight is 260 g/mol. The van der Waals surface area contributed by atoms with Gasteiger partial charge in [-0.15, -0.1) is 0 Å². The molecule has 1 saturated heterocycles. The first kappa shape index (κ1) is 14.5. The first-order valence-electron chi connectivity index (χ1n) is 7.58. The maximum Gasteiger partial charge on any atom is 0.0450 e. The van der Waals surface area contributed by atoms with E-state index in [4.69, 9.17) is 5.73 Å². The van der Waals surface area contributed by atoms with Crippen LogP contribution in [0.4, 0.5) is 0 Å². The smallest absolute Gasteiger partial charge is 0.0450 e. The van der Waals surface area contributed by atoms with Crippen LogP contribution in [0, 0.1) is 12.8 Å². The molecule has 0 bridgehead atoms. The van der Waals surface area contributed by atoms with Gasteiger partial charge in [-0.2, -0.15) is 0 Å². The number of hydrogen-bond donors (Lipinski definition) is 1. The zero-order chi connectivity index (χ0) is 14.0. The van der Waals surface area contributed by atoms with Crippen molar-refractivity contribution in [3.63, 3.8) is 0 Å². The summed E-state index contributed by atoms with van der Waals surface area (Å²) in [6, 6.07) is 9.81. The minimum Gasteiger partial charge on any atom is -0.323 e. The monoisotopic (exact) mass is 260 g/mol. The summed E-state index contributed by atoms with van der Waals surface area (Å²) in [6.07, 6.45) is 2.65. The third kappa shape index (κ3) is 3.18. The lowest BCUT2D eigenvalue weighted by molar-refractivity contribution is 0.0640. The second-order valence-electron chi connectivity index (χ2n) is 6.28. The topological polar surface area (TPSA) is 29.3 Å². The molecule has 19 heavy (non-hydrogen) atoms. The van der Waals surface area contributed by atoms with Crippen molar-refractivity contribution in [3.8, 4) is 0 Å². The highest BCUT2D eigenvalue weighted by molar-refractivity contribution is 5.25. The predicted molar refractivity (Wildman–Crippen MR) is 82.1 cm³/mol. The minimum absolute atomic E-state index is 0.105. The summed E-state index contributed by atoms with van der Waals surface area (Å²) in [5.41, 5.74) is 9.03. The molecule has 0 aromatic heterocycles. The van der Waals surface area contributed by atoms with Gasteiger partial charge in [0.2, 0.25) is 0 Å². The van der Waals surface area contributed by atoms with Crippen LogP contribution >= 0.6 is 0 Å². The largest absolute Gasteiger partial charge is 0.323 e. The second kappa shape index (κ2) is 6.06. The summed E-state index contributed by atoms with van der Waals surface area (Å²) in [7, 11) is 0. The molecule has 2 rings (SSSR count). The summed E-state index contributed by atoms with van der Waals surface area (Å²) >= 11 is 0. The van der Waals surface area contributed by atoms with Crippen molar-refractivity contribution in [1.82, 2.24) is 4.90 Å². The Morgan fingerprint density at radius 3 is 2.47 bits per heavy atom. The number of rotatable bonds is 3. The minimum atomic E-state index is 0.105. The maximum absolute atomic E-state index is 6.49. The zero-order valence-corrected chi connectivity index (χ0v) is 12.8. The van der Waals surface area contributed by atoms with Crippen LogP contribution in [0.3, 0.4) is 0 Å². The molecule has 1 heterocycles. The standard InChI is InChI=1S/C17H28N2/c1-12-7-9-16(10-8-12)17(18)15(4)19-11-5-6-13(2)14(19)3/h7-10,13-15,17H,5-6,11,18H2,1-4H3. The molecule has 0 radical (unpaired) electrons. The van der Waals surface area contributed by atoms with Gasteiger partial charge in [0, 0.05) is 18.1 Å². The molecule has 1 aliphatic heterocycles. The molecule has 1 aliphatic rings. The molecule has 106 valence electrons. The van der Waals surface area contributed by atoms with Gasteiger partial charge in [0.25, 0.3) is 0 Å². The Hall–Kier alpha value is -0.860. The van der Waals surface area contributed by atoms with Crippen molar-refractivity contribution in [1.29, 1.82) is 0 Å². The van der Waals surface area contributed by atoms with Gasteiger partial charge in [0.05, 0.1) is 0 Å². The molecular weight excluding hydrogens is 232 g/mol. The molecule has 1 aromatic rings. The lowest BCUT2D eigenvalue weighted by atomic mass is 9.88. The van der Waals surface area contributed by atoms with Crippen LogP contribution in [0.2, 0.25) is 0 Å². The molecule has 0 amide bonds. The number of likely N-dealkylation sites (tertiary alicyclic amines) is 1. The van der Waals surface area contributed by atoms with E-state index in [1.54, 1.807) is 0 Å². The fourth-order valence-electron chi connectivity index (χ4n) is 3.22. The SMILES string of the molecule is Cc1ccc(C(N)C(C)N2CCCC(C)C2C)cc1. The van der Waals surface area contributed by atoms with Crippen LogP contribution in [0.1, 0.15) is 50.8 Å². The van der Waals surface area contributed by atoms with Crippen LogP contribution in [0.5, 0.6) is 0 Å². The van der Waals surface area contributed by atoms with Crippen LogP contribution in [0.25, 0.3) is 0 Å². The summed E-state index contributed by atoms with van der Waals surface area (Å²) in [5.74, 6) is 0.779. The normalized spacial score (nSPS) is 28.1. The Balaban J connectivity index is 2.09. The third-order valence-corrected chi connectivity index (χ3v) is 4.93. The van der Waals surface area contributed by atoms with E-state index < -0.39 is 0 Å². The fourth-order valence-corrected chi connectivity index (χ4v) is 3.22. The summed E-state index contributed by atoms with van der Waals surface area (Å²) in [4.78, 5) is 2.60. The van der Waals surface area contributed by atoms with E-state index in [0.717, 1.165) is 5.92 Å². The van der Waals surface area contributed by atoms with Crippen LogP contribution in [0.15, 0.2) is 24.3 Å². The molecule has 4 unspecified atom stereocenters. The highest BCUT2D eigenvalue weighted by Gasteiger charge is 2.31. The first-order valence-corrected chi connectivity index (χ1v) is 7.58. The van der Waals surface area contributed by atoms with E-state index in [-0.39, 0.29) is 6.04 Å². The number of nitrogens with zero attached hydrogens (tertiary/aromatic N) is 1. The molecule has 1 aromatic carbocycles. The van der Waals surface area contributed by atoms with Gasteiger partial charge in [-0.05, 0) is 51.6 Å². The number of nitrogens with two attached hydrogens (primary N) is 1. The fraction of sp³-hybridized carbons (Fsp3) is 0.647. The summed E-state index contributed by atoms with van der Waals surface area (Å²) < 4.78 is 0. The molecular formula is C17H28N2. The summed E-state index contributed by atoms with van der Waals surface area (Å²) in [6.45, 7) is 10.3. The van der Waals surface area contributed by atoms with Crippen molar-refractivity contribution in [3.05, 3.63) is 35.4 Å². The van der Waals surface area contributed by atoms with Gasteiger partial charge in [0.15, 0.2) is 0 Å². The van der Waals surface area contributed by atoms with Crippen molar-refractivity contribution in [2.75, 3.05) is 6.54 Å². The van der Waals surface area contributed by atoms with E-state index in [9.17, 15) is 0 Å². The molecule has 0 spiro atoms. The molecule has 1 fully saturated rings. The molecule has 2 nitrogen and oxygen atoms in total. The molecule has 0 saturated carbocycles. The lowest BCUT2D eigenvalue weighted by Crippen LogP contribution is -2.50. The Labute approximate surface area is 118 Å². The van der Waals surface area contributed by atoms with Gasteiger partial charge in [0.1, 0.15) is 0 Å². The van der Waals surface area contributed by atoms with Gasteiger partial charge >= 0.3 is 0 Å². The Kier molecular flexibility index (Phi) is 4.64. The van der Waals surface area contributed by atoms with Crippen molar-refractivity contribution >= 4 is 0 Å². The Morgan fingerprint density at radius 2 is 1.84 bits per heavy atom. The molecule has 4 atom stereocenters. The van der Waals surface area contributed by atoms with Gasteiger partial charge in [-0.3, -0.25) is 4.90 Å². The van der Waals surface area contributed by atoms with E-state index in [1.165, 1.54) is 30.5 Å². The third-order valence-electron chi connectivity index (χ3n) is 4.93. The average Bonchev–Trinajstić information content (AvgIpc) is 2.41. The lowest BCUT2D eigenvalue weighted by Gasteiger charge is -2.43. The predicted octanol–water partition coefficient (Wildman–Crippen LogP) is 3.50. The second-order valence-corrected chi connectivity index (χ2v) is 6.28. The van der Waals surface area contributed by atoms with Gasteiger partial charge in [-0.25, -0.2) is 0 Å². The Morgan fingerprint density at radius 1 is 1.21 bits per heavy atom. The highest BCUT2D eigenvalue weighted by Crippen LogP contribution is 2.28. The molecule has 0 aliphatic carbocycles. The van der Waals surface area contributed by atoms with Crippen LogP contribution in [-0.4, -0.2) is 23.5 Å². The number of piperidine rings is 1. The number of aryl methyl sites for hydroxylation is 1. The van der Waals surface area contributed by atoms with Crippen molar-refractivity contribution < 1.29 is 0 Å². The molecule has 2 heteroatoms. The van der Waals surface area contributed by atoms with Crippen molar-refractivity contribution in [2.24, 2.45) is 11.7 Å². The molecule has 2 N–H and O–H groups in total. The maximum atomic E-state index is 6.49. The van der Waals surface area contributed by atoms with Crippen molar-refractivity contribution in [2.45, 2.75) is 58.7 Å². The quantitative estimate of drug-likeness (QED) is 0.901. The van der Waals surface area contributed by atoms with Crippen LogP contribution < -0.4 is 5.73 Å². The van der Waals surface area contributed by atoms with Gasteiger partial charge in [-0.1, -0.05) is 36.8 Å². The van der Waals surface area contributed by atoms with E-state index in [2.05, 4.69) is 56.9 Å². The highest BCUT2D eigenvalue weighted by atomic mass is 15.2. The van der Waals surface area contributed by atoms with E-state index in [1.807, 2.05) is 0 Å². The van der Waals surface area contributed by atoms with E-state index in [0.29, 0.717) is 12.1 Å². The first-order chi connectivity index (χ1) is 9.00. The number of hydrogen-bond acceptors (Lipinski definition) is 2.